The Morgan fingerprint density at radius 2 is 1.97 bits per heavy atom. The van der Waals surface area contributed by atoms with Crippen LogP contribution in [0.2, 0.25) is 5.02 Å². The lowest BCUT2D eigenvalue weighted by Gasteiger charge is -2.19. The van der Waals surface area contributed by atoms with Crippen molar-refractivity contribution < 1.29 is 17.7 Å². The molecule has 1 amide bonds. The zero-order chi connectivity index (χ0) is 21.3. The molecule has 156 valence electrons. The highest BCUT2D eigenvalue weighted by Crippen LogP contribution is 2.27. The number of benzene rings is 2. The number of nitrogens with zero attached hydrogens (tertiary/aromatic N) is 3. The summed E-state index contributed by atoms with van der Waals surface area (Å²) in [5, 5.41) is 4.45. The van der Waals surface area contributed by atoms with Crippen molar-refractivity contribution in [2.24, 2.45) is 0 Å². The van der Waals surface area contributed by atoms with Crippen LogP contribution in [-0.2, 0) is 21.4 Å². The van der Waals surface area contributed by atoms with Crippen LogP contribution in [0.5, 0.6) is 0 Å². The summed E-state index contributed by atoms with van der Waals surface area (Å²) in [6, 6.07) is 11.6. The summed E-state index contributed by atoms with van der Waals surface area (Å²) in [6.45, 7) is 2.29. The molecule has 1 N–H and O–H groups in total. The molecule has 1 fully saturated rings. The average molecular weight is 447 g/mol. The van der Waals surface area contributed by atoms with E-state index >= 15 is 0 Å². The van der Waals surface area contributed by atoms with Gasteiger partial charge in [-0.2, -0.15) is 4.98 Å². The van der Waals surface area contributed by atoms with Crippen molar-refractivity contribution in [2.75, 3.05) is 11.4 Å². The molecular weight excluding hydrogens is 428 g/mol. The van der Waals surface area contributed by atoms with E-state index in [1.807, 2.05) is 0 Å². The Hall–Kier alpha value is -2.75. The second kappa shape index (κ2) is 8.17. The van der Waals surface area contributed by atoms with Crippen LogP contribution in [0.25, 0.3) is 11.4 Å². The number of carbonyl (C=O) groups excluding carboxylic acids is 1. The number of anilines is 1. The van der Waals surface area contributed by atoms with E-state index in [0.29, 0.717) is 29.4 Å². The second-order valence-electron chi connectivity index (χ2n) is 6.94. The number of halogens is 1. The topological polar surface area (TPSA) is 105 Å². The third-order valence-corrected chi connectivity index (χ3v) is 6.48. The number of rotatable bonds is 6. The molecule has 4 rings (SSSR count). The van der Waals surface area contributed by atoms with E-state index in [2.05, 4.69) is 14.9 Å². The van der Waals surface area contributed by atoms with Crippen LogP contribution in [0.4, 0.5) is 5.69 Å². The molecule has 3 aromatic rings. The maximum Gasteiger partial charge on any atom is 0.242 e. The van der Waals surface area contributed by atoms with Crippen LogP contribution in [0, 0.1) is 6.92 Å². The molecule has 1 aliphatic heterocycles. The molecular formula is C20H19ClN4O4S. The summed E-state index contributed by atoms with van der Waals surface area (Å²) in [7, 11) is -3.79. The largest absolute Gasteiger partial charge is 0.338 e. The normalized spacial score (nSPS) is 14.5. The Bertz CT molecular complexity index is 1190. The highest BCUT2D eigenvalue weighted by molar-refractivity contribution is 7.89. The van der Waals surface area contributed by atoms with Crippen LogP contribution in [0.1, 0.15) is 24.3 Å². The number of nitrogens with one attached hydrogen (secondary N) is 1. The molecule has 8 nitrogen and oxygen atoms in total. The van der Waals surface area contributed by atoms with Crippen molar-refractivity contribution >= 4 is 33.2 Å². The van der Waals surface area contributed by atoms with Gasteiger partial charge in [0.15, 0.2) is 0 Å². The predicted molar refractivity (Wildman–Crippen MR) is 112 cm³/mol. The molecule has 10 heteroatoms. The van der Waals surface area contributed by atoms with Crippen molar-refractivity contribution in [3.8, 4) is 11.4 Å². The van der Waals surface area contributed by atoms with Crippen LogP contribution in [0.3, 0.4) is 0 Å². The first-order chi connectivity index (χ1) is 14.3. The van der Waals surface area contributed by atoms with E-state index in [1.165, 1.54) is 6.07 Å². The molecule has 30 heavy (non-hydrogen) atoms. The Morgan fingerprint density at radius 3 is 2.63 bits per heavy atom. The summed E-state index contributed by atoms with van der Waals surface area (Å²) in [5.41, 5.74) is 2.16. The maximum atomic E-state index is 12.7. The SMILES string of the molecule is Cc1cc(S(=O)(=O)NCc2nc(-c3ccc(Cl)cc3)no2)ccc1N1CCCC1=O. The van der Waals surface area contributed by atoms with Crippen molar-refractivity contribution in [1.29, 1.82) is 0 Å². The molecule has 0 bridgehead atoms. The fourth-order valence-electron chi connectivity index (χ4n) is 3.28. The van der Waals surface area contributed by atoms with Crippen LogP contribution in [-0.4, -0.2) is 31.0 Å². The van der Waals surface area contributed by atoms with E-state index < -0.39 is 10.0 Å². The van der Waals surface area contributed by atoms with Gasteiger partial charge in [-0.15, -0.1) is 0 Å². The van der Waals surface area contributed by atoms with Crippen molar-refractivity contribution in [3.05, 3.63) is 58.9 Å². The molecule has 1 aliphatic rings. The van der Waals surface area contributed by atoms with Gasteiger partial charge in [-0.3, -0.25) is 4.79 Å². The van der Waals surface area contributed by atoms with Gasteiger partial charge in [-0.1, -0.05) is 16.8 Å². The second-order valence-corrected chi connectivity index (χ2v) is 9.14. The minimum Gasteiger partial charge on any atom is -0.338 e. The third-order valence-electron chi connectivity index (χ3n) is 4.83. The first-order valence-electron chi connectivity index (χ1n) is 9.33. The zero-order valence-corrected chi connectivity index (χ0v) is 17.7. The van der Waals surface area contributed by atoms with E-state index in [9.17, 15) is 13.2 Å². The van der Waals surface area contributed by atoms with Gasteiger partial charge in [0.1, 0.15) is 0 Å². The van der Waals surface area contributed by atoms with E-state index in [0.717, 1.165) is 17.7 Å². The summed E-state index contributed by atoms with van der Waals surface area (Å²) in [4.78, 5) is 18.0. The Morgan fingerprint density at radius 1 is 1.20 bits per heavy atom. The van der Waals surface area contributed by atoms with Gasteiger partial charge in [0.05, 0.1) is 11.4 Å². The number of aromatic nitrogens is 2. The molecule has 0 saturated carbocycles. The van der Waals surface area contributed by atoms with Gasteiger partial charge in [0.25, 0.3) is 0 Å². The molecule has 0 spiro atoms. The minimum absolute atomic E-state index is 0.0553. The summed E-state index contributed by atoms with van der Waals surface area (Å²) < 4.78 is 32.9. The first-order valence-corrected chi connectivity index (χ1v) is 11.2. The zero-order valence-electron chi connectivity index (χ0n) is 16.1. The number of hydrogen-bond acceptors (Lipinski definition) is 6. The van der Waals surface area contributed by atoms with Gasteiger partial charge in [0, 0.05) is 29.2 Å². The number of aryl methyl sites for hydroxylation is 1. The molecule has 0 radical (unpaired) electrons. The number of hydrogen-bond donors (Lipinski definition) is 1. The number of amides is 1. The summed E-state index contributed by atoms with van der Waals surface area (Å²) in [6.07, 6.45) is 1.32. The van der Waals surface area contributed by atoms with Crippen molar-refractivity contribution in [2.45, 2.75) is 31.2 Å². The van der Waals surface area contributed by atoms with Crippen LogP contribution in [0.15, 0.2) is 51.9 Å². The predicted octanol–water partition coefficient (Wildman–Crippen LogP) is 3.30. The lowest BCUT2D eigenvalue weighted by Crippen LogP contribution is -2.26. The van der Waals surface area contributed by atoms with E-state index in [-0.39, 0.29) is 23.2 Å². The van der Waals surface area contributed by atoms with Crippen molar-refractivity contribution in [3.63, 3.8) is 0 Å². The third kappa shape index (κ3) is 4.23. The average Bonchev–Trinajstić information content (AvgIpc) is 3.36. The van der Waals surface area contributed by atoms with Crippen molar-refractivity contribution in [1.82, 2.24) is 14.9 Å². The van der Waals surface area contributed by atoms with Gasteiger partial charge in [0.2, 0.25) is 27.6 Å². The van der Waals surface area contributed by atoms with Crippen LogP contribution >= 0.6 is 11.6 Å². The maximum absolute atomic E-state index is 12.7. The summed E-state index contributed by atoms with van der Waals surface area (Å²) in [5.74, 6) is 0.538. The molecule has 0 atom stereocenters. The van der Waals surface area contributed by atoms with Gasteiger partial charge in [-0.25, -0.2) is 13.1 Å². The molecule has 1 saturated heterocycles. The van der Waals surface area contributed by atoms with Gasteiger partial charge < -0.3 is 9.42 Å². The Kier molecular flexibility index (Phi) is 5.59. The minimum atomic E-state index is -3.79. The molecule has 2 aromatic carbocycles. The fraction of sp³-hybridized carbons (Fsp3) is 0.250. The van der Waals surface area contributed by atoms with E-state index in [1.54, 1.807) is 48.2 Å². The standard InChI is InChI=1S/C20H19ClN4O4S/c1-13-11-16(8-9-17(13)25-10-2-3-19(25)26)30(27,28)22-12-18-23-20(24-29-18)14-4-6-15(21)7-5-14/h4-9,11,22H,2-3,10,12H2,1H3. The molecule has 0 aliphatic carbocycles. The number of sulfonamides is 1. The van der Waals surface area contributed by atoms with Gasteiger partial charge >= 0.3 is 0 Å². The summed E-state index contributed by atoms with van der Waals surface area (Å²) >= 11 is 5.87. The Labute approximate surface area is 178 Å². The van der Waals surface area contributed by atoms with Gasteiger partial charge in [-0.05, 0) is 61.4 Å². The molecule has 0 unspecified atom stereocenters. The van der Waals surface area contributed by atoms with E-state index in [4.69, 9.17) is 16.1 Å². The smallest absolute Gasteiger partial charge is 0.242 e. The molecule has 2 heterocycles. The van der Waals surface area contributed by atoms with Crippen LogP contribution < -0.4 is 9.62 Å². The number of carbonyl (C=O) groups is 1. The lowest BCUT2D eigenvalue weighted by molar-refractivity contribution is -0.117. The highest BCUT2D eigenvalue weighted by Gasteiger charge is 2.24. The lowest BCUT2D eigenvalue weighted by atomic mass is 10.2. The Balaban J connectivity index is 1.46. The first kappa shape index (κ1) is 20.5. The highest BCUT2D eigenvalue weighted by atomic mass is 35.5. The fourth-order valence-corrected chi connectivity index (χ4v) is 4.47. The quantitative estimate of drug-likeness (QED) is 0.622. The molecule has 1 aromatic heterocycles. The monoisotopic (exact) mass is 446 g/mol.